The summed E-state index contributed by atoms with van der Waals surface area (Å²) in [6.07, 6.45) is 0. The van der Waals surface area contributed by atoms with Crippen molar-refractivity contribution in [2.45, 2.75) is 0 Å². The first kappa shape index (κ1) is 16.6. The van der Waals surface area contributed by atoms with Gasteiger partial charge in [-0.2, -0.15) is 0 Å². The van der Waals surface area contributed by atoms with Gasteiger partial charge in [0.1, 0.15) is 13.2 Å². The number of fused-ring (bicyclic) bond motifs is 1. The van der Waals surface area contributed by atoms with Crippen molar-refractivity contribution in [3.05, 3.63) is 57.0 Å². The number of hydrogen-bond donors (Lipinski definition) is 2. The lowest BCUT2D eigenvalue weighted by Crippen LogP contribution is -2.41. The molecule has 2 amide bonds. The monoisotopic (exact) mass is 410 g/mol. The van der Waals surface area contributed by atoms with Gasteiger partial charge >= 0.3 is 0 Å². The van der Waals surface area contributed by atoms with E-state index in [0.29, 0.717) is 34.7 Å². The van der Waals surface area contributed by atoms with Gasteiger partial charge in [-0.15, -0.1) is 0 Å². The number of nitrogens with one attached hydrogen (secondary N) is 2. The molecule has 0 spiro atoms. The second-order valence-corrected chi connectivity index (χ2v) is 6.21. The van der Waals surface area contributed by atoms with Crippen molar-refractivity contribution in [2.75, 3.05) is 13.2 Å². The van der Waals surface area contributed by atoms with Gasteiger partial charge < -0.3 is 9.47 Å². The highest BCUT2D eigenvalue weighted by Gasteiger charge is 2.16. The predicted molar refractivity (Wildman–Crippen MR) is 91.5 cm³/mol. The van der Waals surface area contributed by atoms with E-state index in [1.807, 2.05) is 0 Å². The van der Waals surface area contributed by atoms with Crippen LogP contribution in [-0.4, -0.2) is 25.0 Å². The molecule has 0 atom stereocenters. The van der Waals surface area contributed by atoms with Gasteiger partial charge in [0.15, 0.2) is 11.5 Å². The molecule has 0 saturated carbocycles. The number of ether oxygens (including phenoxy) is 2. The zero-order valence-corrected chi connectivity index (χ0v) is 14.6. The Morgan fingerprint density at radius 2 is 1.67 bits per heavy atom. The van der Waals surface area contributed by atoms with Gasteiger partial charge in [-0.05, 0) is 36.4 Å². The Morgan fingerprint density at radius 1 is 0.958 bits per heavy atom. The van der Waals surface area contributed by atoms with Crippen LogP contribution in [0.25, 0.3) is 0 Å². The van der Waals surface area contributed by atoms with Crippen LogP contribution in [-0.2, 0) is 0 Å². The number of rotatable bonds is 2. The van der Waals surface area contributed by atoms with Gasteiger partial charge in [0.05, 0.1) is 10.6 Å². The first-order valence-corrected chi connectivity index (χ1v) is 8.17. The minimum absolute atomic E-state index is 0.244. The number of hydrogen-bond acceptors (Lipinski definition) is 4. The van der Waals surface area contributed by atoms with Crippen LogP contribution in [0.15, 0.2) is 40.9 Å². The van der Waals surface area contributed by atoms with Crippen LogP contribution in [0.1, 0.15) is 20.7 Å². The molecule has 1 aliphatic heterocycles. The number of amides is 2. The van der Waals surface area contributed by atoms with Crippen LogP contribution in [0, 0.1) is 0 Å². The Hall–Kier alpha value is -2.25. The summed E-state index contributed by atoms with van der Waals surface area (Å²) in [5.74, 6) is 0.0802. The van der Waals surface area contributed by atoms with Crippen molar-refractivity contribution in [3.8, 4) is 11.5 Å². The first-order valence-electron chi connectivity index (χ1n) is 7.00. The quantitative estimate of drug-likeness (QED) is 0.745. The summed E-state index contributed by atoms with van der Waals surface area (Å²) in [4.78, 5) is 24.3. The molecule has 6 nitrogen and oxygen atoms in total. The van der Waals surface area contributed by atoms with Crippen LogP contribution >= 0.6 is 27.5 Å². The third-order valence-corrected chi connectivity index (χ3v) is 4.09. The van der Waals surface area contributed by atoms with Gasteiger partial charge in [0.25, 0.3) is 11.8 Å². The molecule has 0 fully saturated rings. The molecule has 0 aliphatic carbocycles. The first-order chi connectivity index (χ1) is 11.5. The second kappa shape index (κ2) is 7.11. The molecule has 1 aliphatic rings. The molecule has 124 valence electrons. The van der Waals surface area contributed by atoms with Crippen molar-refractivity contribution >= 4 is 39.3 Å². The van der Waals surface area contributed by atoms with E-state index in [1.54, 1.807) is 36.4 Å². The van der Waals surface area contributed by atoms with Crippen LogP contribution in [0.3, 0.4) is 0 Å². The average molecular weight is 412 g/mol. The standard InChI is InChI=1S/C16H12BrClN2O4/c17-10-2-3-12(18)11(8-10)16(22)20-19-15(21)9-1-4-13-14(7-9)24-6-5-23-13/h1-4,7-8H,5-6H2,(H,19,21)(H,20,22). The third-order valence-electron chi connectivity index (χ3n) is 3.27. The van der Waals surface area contributed by atoms with Gasteiger partial charge in [-0.1, -0.05) is 27.5 Å². The summed E-state index contributed by atoms with van der Waals surface area (Å²) in [7, 11) is 0. The molecule has 0 unspecified atom stereocenters. The van der Waals surface area contributed by atoms with Crippen LogP contribution in [0.2, 0.25) is 5.02 Å². The molecule has 2 N–H and O–H groups in total. The molecule has 0 radical (unpaired) electrons. The van der Waals surface area contributed by atoms with E-state index in [9.17, 15) is 9.59 Å². The Morgan fingerprint density at radius 3 is 2.46 bits per heavy atom. The highest BCUT2D eigenvalue weighted by molar-refractivity contribution is 9.10. The molecule has 2 aromatic rings. The lowest BCUT2D eigenvalue weighted by molar-refractivity contribution is 0.0846. The van der Waals surface area contributed by atoms with Crippen molar-refractivity contribution in [3.63, 3.8) is 0 Å². The van der Waals surface area contributed by atoms with Crippen molar-refractivity contribution in [1.29, 1.82) is 0 Å². The van der Waals surface area contributed by atoms with E-state index in [1.165, 1.54) is 0 Å². The Balaban J connectivity index is 1.67. The molecule has 0 aromatic heterocycles. The van der Waals surface area contributed by atoms with Crippen LogP contribution < -0.4 is 20.3 Å². The smallest absolute Gasteiger partial charge is 0.271 e. The summed E-state index contributed by atoms with van der Waals surface area (Å²) >= 11 is 9.24. The predicted octanol–water partition coefficient (Wildman–Crippen LogP) is 2.95. The maximum absolute atomic E-state index is 12.2. The maximum atomic E-state index is 12.2. The van der Waals surface area contributed by atoms with E-state index >= 15 is 0 Å². The minimum atomic E-state index is -0.521. The SMILES string of the molecule is O=C(NNC(=O)c1cc(Br)ccc1Cl)c1ccc2c(c1)OCCO2. The van der Waals surface area contributed by atoms with Gasteiger partial charge in [0, 0.05) is 10.0 Å². The fourth-order valence-corrected chi connectivity index (χ4v) is 2.67. The van der Waals surface area contributed by atoms with Gasteiger partial charge in [0.2, 0.25) is 0 Å². The Bertz CT molecular complexity index is 813. The number of hydrazine groups is 1. The lowest BCUT2D eigenvalue weighted by atomic mass is 10.2. The molecule has 24 heavy (non-hydrogen) atoms. The average Bonchev–Trinajstić information content (AvgIpc) is 2.61. The molecule has 8 heteroatoms. The summed E-state index contributed by atoms with van der Waals surface area (Å²) in [5.41, 5.74) is 5.25. The van der Waals surface area contributed by atoms with Crippen molar-refractivity contribution < 1.29 is 19.1 Å². The van der Waals surface area contributed by atoms with E-state index in [-0.39, 0.29) is 10.6 Å². The largest absolute Gasteiger partial charge is 0.486 e. The third kappa shape index (κ3) is 3.63. The molecule has 2 aromatic carbocycles. The highest BCUT2D eigenvalue weighted by atomic mass is 79.9. The van der Waals surface area contributed by atoms with E-state index in [0.717, 1.165) is 0 Å². The lowest BCUT2D eigenvalue weighted by Gasteiger charge is -2.18. The topological polar surface area (TPSA) is 76.7 Å². The number of carbonyl (C=O) groups excluding carboxylic acids is 2. The van der Waals surface area contributed by atoms with Gasteiger partial charge in [-0.25, -0.2) is 0 Å². The number of benzene rings is 2. The fourth-order valence-electron chi connectivity index (χ4n) is 2.11. The Kier molecular flexibility index (Phi) is 4.92. The minimum Gasteiger partial charge on any atom is -0.486 e. The molecule has 1 heterocycles. The molecular formula is C16H12BrClN2O4. The fraction of sp³-hybridized carbons (Fsp3) is 0.125. The van der Waals surface area contributed by atoms with Crippen molar-refractivity contribution in [2.24, 2.45) is 0 Å². The van der Waals surface area contributed by atoms with E-state index in [2.05, 4.69) is 26.8 Å². The zero-order valence-electron chi connectivity index (χ0n) is 12.3. The zero-order chi connectivity index (χ0) is 17.1. The number of carbonyl (C=O) groups is 2. The molecular weight excluding hydrogens is 400 g/mol. The normalized spacial score (nSPS) is 12.4. The van der Waals surface area contributed by atoms with E-state index in [4.69, 9.17) is 21.1 Å². The summed E-state index contributed by atoms with van der Waals surface area (Å²) in [5, 5.41) is 0.282. The summed E-state index contributed by atoms with van der Waals surface area (Å²) < 4.78 is 11.5. The van der Waals surface area contributed by atoms with Crippen molar-refractivity contribution in [1.82, 2.24) is 10.9 Å². The Labute approximate surface area is 151 Å². The summed E-state index contributed by atoms with van der Waals surface area (Å²) in [6, 6.07) is 9.66. The molecule has 0 saturated heterocycles. The van der Waals surface area contributed by atoms with Crippen LogP contribution in [0.5, 0.6) is 11.5 Å². The maximum Gasteiger partial charge on any atom is 0.271 e. The van der Waals surface area contributed by atoms with Gasteiger partial charge in [-0.3, -0.25) is 20.4 Å². The van der Waals surface area contributed by atoms with E-state index < -0.39 is 11.8 Å². The highest BCUT2D eigenvalue weighted by Crippen LogP contribution is 2.30. The van der Waals surface area contributed by atoms with Crippen LogP contribution in [0.4, 0.5) is 0 Å². The second-order valence-electron chi connectivity index (χ2n) is 4.89. The molecule has 0 bridgehead atoms. The number of halogens is 2. The molecule has 3 rings (SSSR count). The summed E-state index contributed by atoms with van der Waals surface area (Å²) in [6.45, 7) is 0.901.